The highest BCUT2D eigenvalue weighted by molar-refractivity contribution is 5.95. The summed E-state index contributed by atoms with van der Waals surface area (Å²) in [6.45, 7) is 0.333. The molecule has 1 aliphatic carbocycles. The van der Waals surface area contributed by atoms with Gasteiger partial charge >= 0.3 is 0 Å². The van der Waals surface area contributed by atoms with Crippen molar-refractivity contribution in [3.63, 3.8) is 0 Å². The number of carbonyl (C=O) groups is 2. The first kappa shape index (κ1) is 20.5. The summed E-state index contributed by atoms with van der Waals surface area (Å²) in [5.41, 5.74) is 0.764. The molecule has 2 fully saturated rings. The molecule has 1 saturated heterocycles. The van der Waals surface area contributed by atoms with Crippen LogP contribution < -0.4 is 20.7 Å². The molecule has 1 aromatic carbocycles. The Balaban J connectivity index is 0.00000243. The molecule has 1 saturated carbocycles. The van der Waals surface area contributed by atoms with E-state index >= 15 is 0 Å². The Hall–Kier alpha value is -1.79. The summed E-state index contributed by atoms with van der Waals surface area (Å²) >= 11 is 0. The van der Waals surface area contributed by atoms with Crippen LogP contribution in [-0.2, 0) is 9.59 Å². The van der Waals surface area contributed by atoms with Crippen LogP contribution in [0.15, 0.2) is 24.3 Å². The number of benzene rings is 1. The Kier molecular flexibility index (Phi) is 7.72. The van der Waals surface area contributed by atoms with Gasteiger partial charge in [0.1, 0.15) is 5.75 Å². The Bertz CT molecular complexity index is 595. The fraction of sp³-hybridized carbons (Fsp3) is 0.579. The van der Waals surface area contributed by atoms with Gasteiger partial charge in [-0.15, -0.1) is 12.4 Å². The van der Waals surface area contributed by atoms with Gasteiger partial charge in [0.05, 0.1) is 19.1 Å². The van der Waals surface area contributed by atoms with Crippen LogP contribution in [0.5, 0.6) is 5.75 Å². The maximum absolute atomic E-state index is 12.5. The lowest BCUT2D eigenvalue weighted by atomic mass is 9.85. The number of anilines is 1. The van der Waals surface area contributed by atoms with Crippen molar-refractivity contribution in [1.82, 2.24) is 10.6 Å². The van der Waals surface area contributed by atoms with Gasteiger partial charge in [0.15, 0.2) is 0 Å². The van der Waals surface area contributed by atoms with Gasteiger partial charge in [-0.05, 0) is 49.4 Å². The van der Waals surface area contributed by atoms with E-state index in [1.165, 1.54) is 25.7 Å². The number of carbonyl (C=O) groups excluding carboxylic acids is 2. The van der Waals surface area contributed by atoms with Gasteiger partial charge in [0.25, 0.3) is 0 Å². The van der Waals surface area contributed by atoms with Crippen molar-refractivity contribution in [2.75, 3.05) is 19.0 Å². The first-order valence-corrected chi connectivity index (χ1v) is 9.16. The minimum Gasteiger partial charge on any atom is -0.493 e. The number of halogens is 1. The summed E-state index contributed by atoms with van der Waals surface area (Å²) in [4.78, 5) is 23.6. The zero-order valence-corrected chi connectivity index (χ0v) is 15.9. The second-order valence-electron chi connectivity index (χ2n) is 6.89. The van der Waals surface area contributed by atoms with Crippen LogP contribution in [0.2, 0.25) is 0 Å². The highest BCUT2D eigenvalue weighted by Gasteiger charge is 2.38. The smallest absolute Gasteiger partial charge is 0.241 e. The molecular formula is C19H28ClN3O3. The molecule has 0 bridgehead atoms. The molecule has 7 heteroatoms. The number of hydrogen-bond donors (Lipinski definition) is 3. The van der Waals surface area contributed by atoms with Crippen molar-refractivity contribution in [3.8, 4) is 5.75 Å². The number of hydrogen-bond acceptors (Lipinski definition) is 4. The third-order valence-corrected chi connectivity index (χ3v) is 5.18. The summed E-state index contributed by atoms with van der Waals surface area (Å²) in [6.07, 6.45) is 6.25. The molecule has 1 aromatic rings. The Morgan fingerprint density at radius 3 is 2.62 bits per heavy atom. The predicted molar refractivity (Wildman–Crippen MR) is 104 cm³/mol. The molecule has 3 unspecified atom stereocenters. The molecule has 3 atom stereocenters. The van der Waals surface area contributed by atoms with Crippen molar-refractivity contribution in [2.24, 2.45) is 5.92 Å². The second kappa shape index (κ2) is 9.78. The lowest BCUT2D eigenvalue weighted by molar-refractivity contribution is -0.121. The number of fused-ring (bicyclic) bond motifs is 1. The summed E-state index contributed by atoms with van der Waals surface area (Å²) in [7, 11) is 1.61. The quantitative estimate of drug-likeness (QED) is 0.707. The number of rotatable bonds is 6. The number of nitrogens with one attached hydrogen (secondary N) is 3. The highest BCUT2D eigenvalue weighted by atomic mass is 35.5. The Labute approximate surface area is 160 Å². The predicted octanol–water partition coefficient (Wildman–Crippen LogP) is 2.48. The van der Waals surface area contributed by atoms with Crippen LogP contribution in [0.3, 0.4) is 0 Å². The minimum absolute atomic E-state index is 0. The molecule has 26 heavy (non-hydrogen) atoms. The maximum Gasteiger partial charge on any atom is 0.241 e. The monoisotopic (exact) mass is 381 g/mol. The lowest BCUT2D eigenvalue weighted by Gasteiger charge is -2.24. The molecule has 144 valence electrons. The molecule has 3 rings (SSSR count). The molecule has 6 nitrogen and oxygen atoms in total. The summed E-state index contributed by atoms with van der Waals surface area (Å²) < 4.78 is 5.52. The van der Waals surface area contributed by atoms with Gasteiger partial charge in [0.2, 0.25) is 11.8 Å². The van der Waals surface area contributed by atoms with Crippen LogP contribution >= 0.6 is 12.4 Å². The standard InChI is InChI=1S/C19H27N3O3.ClH/c1-20-18(23)10-11-25-15-8-6-14(7-9-15)21-19(24)17-12-13-4-2-3-5-16(13)22-17;/h6-9,13,16-17,22H,2-5,10-12H2,1H3,(H,20,23)(H,21,24);1H. The molecule has 1 aliphatic heterocycles. The van der Waals surface area contributed by atoms with E-state index in [9.17, 15) is 9.59 Å². The number of amides is 2. The molecule has 0 spiro atoms. The van der Waals surface area contributed by atoms with E-state index in [1.54, 1.807) is 19.2 Å². The Morgan fingerprint density at radius 2 is 1.92 bits per heavy atom. The van der Waals surface area contributed by atoms with E-state index in [0.717, 1.165) is 12.1 Å². The minimum atomic E-state index is -0.0865. The van der Waals surface area contributed by atoms with E-state index in [2.05, 4.69) is 16.0 Å². The molecule has 1 heterocycles. The third-order valence-electron chi connectivity index (χ3n) is 5.18. The SMILES string of the molecule is CNC(=O)CCOc1ccc(NC(=O)C2CC3CCCCC3N2)cc1.Cl. The van der Waals surface area contributed by atoms with Crippen LogP contribution in [0, 0.1) is 5.92 Å². The normalized spacial score (nSPS) is 24.1. The fourth-order valence-corrected chi connectivity index (χ4v) is 3.77. The molecule has 2 amide bonds. The molecule has 3 N–H and O–H groups in total. The van der Waals surface area contributed by atoms with Crippen molar-refractivity contribution < 1.29 is 14.3 Å². The Morgan fingerprint density at radius 1 is 1.19 bits per heavy atom. The zero-order chi connectivity index (χ0) is 17.6. The zero-order valence-electron chi connectivity index (χ0n) is 15.1. The van der Waals surface area contributed by atoms with Gasteiger partial charge in [-0.2, -0.15) is 0 Å². The van der Waals surface area contributed by atoms with Gasteiger partial charge < -0.3 is 20.7 Å². The highest BCUT2D eigenvalue weighted by Crippen LogP contribution is 2.33. The van der Waals surface area contributed by atoms with E-state index < -0.39 is 0 Å². The average molecular weight is 382 g/mol. The van der Waals surface area contributed by atoms with E-state index in [1.807, 2.05) is 12.1 Å². The van der Waals surface area contributed by atoms with E-state index in [0.29, 0.717) is 30.7 Å². The molecule has 2 aliphatic rings. The van der Waals surface area contributed by atoms with E-state index in [4.69, 9.17) is 4.74 Å². The van der Waals surface area contributed by atoms with Crippen LogP contribution in [0.4, 0.5) is 5.69 Å². The van der Waals surface area contributed by atoms with Crippen LogP contribution in [0.25, 0.3) is 0 Å². The van der Waals surface area contributed by atoms with Crippen molar-refractivity contribution in [2.45, 2.75) is 50.6 Å². The summed E-state index contributed by atoms with van der Waals surface area (Å²) in [5.74, 6) is 1.34. The van der Waals surface area contributed by atoms with Crippen molar-refractivity contribution in [1.29, 1.82) is 0 Å². The molecular weight excluding hydrogens is 354 g/mol. The average Bonchev–Trinajstić information content (AvgIpc) is 3.07. The van der Waals surface area contributed by atoms with Gasteiger partial charge in [-0.3, -0.25) is 9.59 Å². The van der Waals surface area contributed by atoms with Crippen molar-refractivity contribution >= 4 is 29.9 Å². The molecule has 0 radical (unpaired) electrons. The van der Waals surface area contributed by atoms with Crippen LogP contribution in [-0.4, -0.2) is 37.6 Å². The maximum atomic E-state index is 12.5. The third kappa shape index (κ3) is 5.35. The van der Waals surface area contributed by atoms with Crippen LogP contribution in [0.1, 0.15) is 38.5 Å². The number of ether oxygens (including phenoxy) is 1. The lowest BCUT2D eigenvalue weighted by Crippen LogP contribution is -2.39. The summed E-state index contributed by atoms with van der Waals surface area (Å²) in [6, 6.07) is 7.70. The first-order valence-electron chi connectivity index (χ1n) is 9.16. The summed E-state index contributed by atoms with van der Waals surface area (Å²) in [5, 5.41) is 9.03. The second-order valence-corrected chi connectivity index (χ2v) is 6.89. The molecule has 0 aromatic heterocycles. The largest absolute Gasteiger partial charge is 0.493 e. The van der Waals surface area contributed by atoms with Gasteiger partial charge in [-0.1, -0.05) is 12.8 Å². The van der Waals surface area contributed by atoms with Gasteiger partial charge in [0, 0.05) is 18.8 Å². The fourth-order valence-electron chi connectivity index (χ4n) is 3.77. The van der Waals surface area contributed by atoms with Crippen molar-refractivity contribution in [3.05, 3.63) is 24.3 Å². The van der Waals surface area contributed by atoms with Gasteiger partial charge in [-0.25, -0.2) is 0 Å². The topological polar surface area (TPSA) is 79.5 Å². The van der Waals surface area contributed by atoms with E-state index in [-0.39, 0.29) is 30.3 Å². The first-order chi connectivity index (χ1) is 12.2.